The van der Waals surface area contributed by atoms with Gasteiger partial charge in [0.1, 0.15) is 11.6 Å². The van der Waals surface area contributed by atoms with Crippen LogP contribution in [0.2, 0.25) is 5.02 Å². The molecule has 2 aromatic carbocycles. The van der Waals surface area contributed by atoms with Gasteiger partial charge in [-0.25, -0.2) is 4.39 Å². The topological polar surface area (TPSA) is 70.7 Å². The van der Waals surface area contributed by atoms with Gasteiger partial charge < -0.3 is 15.4 Å². The van der Waals surface area contributed by atoms with Crippen molar-refractivity contribution in [3.8, 4) is 18.1 Å². The van der Waals surface area contributed by atoms with Crippen molar-refractivity contribution < 1.29 is 18.7 Å². The van der Waals surface area contributed by atoms with Crippen LogP contribution in [-0.2, 0) is 4.79 Å². The molecule has 31 heavy (non-hydrogen) atoms. The predicted octanol–water partition coefficient (Wildman–Crippen LogP) is 4.02. The minimum atomic E-state index is -0.732. The molecule has 2 amide bonds. The molecule has 8 heteroatoms. The summed E-state index contributed by atoms with van der Waals surface area (Å²) in [5.74, 6) is 1.41. The molecule has 0 spiro atoms. The van der Waals surface area contributed by atoms with E-state index in [2.05, 4.69) is 21.5 Å². The summed E-state index contributed by atoms with van der Waals surface area (Å²) in [5.41, 5.74) is 0.659. The summed E-state index contributed by atoms with van der Waals surface area (Å²) in [4.78, 5) is 27.3. The van der Waals surface area contributed by atoms with Gasteiger partial charge in [-0.3, -0.25) is 14.5 Å². The van der Waals surface area contributed by atoms with E-state index in [-0.39, 0.29) is 22.4 Å². The molecule has 1 saturated heterocycles. The maximum atomic E-state index is 14.1. The number of terminal acetylenes is 1. The number of anilines is 2. The van der Waals surface area contributed by atoms with Crippen molar-refractivity contribution in [2.75, 3.05) is 37.4 Å². The summed E-state index contributed by atoms with van der Waals surface area (Å²) in [6.45, 7) is 2.14. The van der Waals surface area contributed by atoms with Crippen LogP contribution in [0.25, 0.3) is 0 Å². The largest absolute Gasteiger partial charge is 0.495 e. The van der Waals surface area contributed by atoms with Crippen LogP contribution in [0.4, 0.5) is 15.8 Å². The Hall–Kier alpha value is -3.08. The number of amides is 2. The normalized spacial score (nSPS) is 14.5. The van der Waals surface area contributed by atoms with Crippen LogP contribution < -0.4 is 15.4 Å². The van der Waals surface area contributed by atoms with Crippen molar-refractivity contribution >= 4 is 34.8 Å². The van der Waals surface area contributed by atoms with E-state index < -0.39 is 11.7 Å². The summed E-state index contributed by atoms with van der Waals surface area (Å²) in [6, 6.07) is 8.69. The monoisotopic (exact) mass is 443 g/mol. The van der Waals surface area contributed by atoms with E-state index in [0.29, 0.717) is 23.7 Å². The summed E-state index contributed by atoms with van der Waals surface area (Å²) in [7, 11) is 1.45. The molecular formula is C23H23ClFN3O3. The molecule has 1 heterocycles. The van der Waals surface area contributed by atoms with Gasteiger partial charge in [0.05, 0.1) is 24.9 Å². The molecule has 162 valence electrons. The van der Waals surface area contributed by atoms with Crippen LogP contribution in [0.1, 0.15) is 23.2 Å². The zero-order chi connectivity index (χ0) is 22.4. The average molecular weight is 444 g/mol. The molecule has 1 aliphatic heterocycles. The number of methoxy groups -OCH3 is 1. The Morgan fingerprint density at radius 3 is 2.61 bits per heavy atom. The molecule has 6 nitrogen and oxygen atoms in total. The zero-order valence-corrected chi connectivity index (χ0v) is 17.8. The van der Waals surface area contributed by atoms with Gasteiger partial charge in [-0.2, -0.15) is 0 Å². The third kappa shape index (κ3) is 5.75. The van der Waals surface area contributed by atoms with E-state index in [1.807, 2.05) is 0 Å². The highest BCUT2D eigenvalue weighted by atomic mass is 35.5. The van der Waals surface area contributed by atoms with Gasteiger partial charge in [0.25, 0.3) is 5.91 Å². The lowest BCUT2D eigenvalue weighted by atomic mass is 9.96. The molecule has 0 aliphatic carbocycles. The first-order valence-corrected chi connectivity index (χ1v) is 10.2. The van der Waals surface area contributed by atoms with Crippen LogP contribution in [0.3, 0.4) is 0 Å². The van der Waals surface area contributed by atoms with Crippen molar-refractivity contribution in [3.05, 3.63) is 52.8 Å². The Bertz CT molecular complexity index is 1010. The summed E-state index contributed by atoms with van der Waals surface area (Å²) in [6.07, 6.45) is 6.79. The van der Waals surface area contributed by atoms with Gasteiger partial charge in [-0.15, -0.1) is 6.42 Å². The molecule has 0 radical (unpaired) electrons. The standard InChI is InChI=1S/C23H23ClFN3O3/c1-3-10-28-11-8-15(9-12-28)22(29)26-17-5-7-21(31-2)20(14-17)27-23(30)18-6-4-16(24)13-19(18)25/h1,4-7,13-15H,8-12H2,2H3,(H,26,29)(H,27,30). The molecule has 0 bridgehead atoms. The summed E-state index contributed by atoms with van der Waals surface area (Å²) >= 11 is 5.74. The molecule has 1 aliphatic rings. The number of carbonyl (C=O) groups excluding carboxylic acids is 2. The van der Waals surface area contributed by atoms with E-state index >= 15 is 0 Å². The molecule has 0 unspecified atom stereocenters. The number of carbonyl (C=O) groups is 2. The van der Waals surface area contributed by atoms with Crippen LogP contribution in [0.15, 0.2) is 36.4 Å². The van der Waals surface area contributed by atoms with Crippen LogP contribution in [0.5, 0.6) is 5.75 Å². The van der Waals surface area contributed by atoms with Crippen LogP contribution in [0, 0.1) is 24.1 Å². The molecule has 0 aromatic heterocycles. The number of ether oxygens (including phenoxy) is 1. The average Bonchev–Trinajstić information content (AvgIpc) is 2.74. The number of halogens is 2. The Balaban J connectivity index is 1.69. The summed E-state index contributed by atoms with van der Waals surface area (Å²) < 4.78 is 19.3. The minimum Gasteiger partial charge on any atom is -0.495 e. The highest BCUT2D eigenvalue weighted by molar-refractivity contribution is 6.30. The Labute approximate surface area is 185 Å². The number of rotatable bonds is 6. The molecule has 2 N–H and O–H groups in total. The van der Waals surface area contributed by atoms with Gasteiger partial charge in [0.15, 0.2) is 0 Å². The van der Waals surface area contributed by atoms with Crippen molar-refractivity contribution in [1.29, 1.82) is 0 Å². The maximum Gasteiger partial charge on any atom is 0.258 e. The van der Waals surface area contributed by atoms with E-state index in [1.165, 1.54) is 19.2 Å². The van der Waals surface area contributed by atoms with Crippen molar-refractivity contribution in [2.45, 2.75) is 12.8 Å². The van der Waals surface area contributed by atoms with E-state index in [4.69, 9.17) is 22.8 Å². The van der Waals surface area contributed by atoms with Gasteiger partial charge in [0, 0.05) is 16.6 Å². The highest BCUT2D eigenvalue weighted by Gasteiger charge is 2.25. The molecule has 0 atom stereocenters. The Morgan fingerprint density at radius 1 is 1.23 bits per heavy atom. The zero-order valence-electron chi connectivity index (χ0n) is 17.1. The minimum absolute atomic E-state index is 0.0912. The molecular weight excluding hydrogens is 421 g/mol. The van der Waals surface area contributed by atoms with Gasteiger partial charge in [-0.1, -0.05) is 17.5 Å². The molecule has 3 rings (SSSR count). The third-order valence-electron chi connectivity index (χ3n) is 5.16. The quantitative estimate of drug-likeness (QED) is 0.661. The van der Waals surface area contributed by atoms with E-state index in [9.17, 15) is 14.0 Å². The van der Waals surface area contributed by atoms with Crippen molar-refractivity contribution in [1.82, 2.24) is 4.90 Å². The lowest BCUT2D eigenvalue weighted by Crippen LogP contribution is -2.38. The smallest absolute Gasteiger partial charge is 0.258 e. The first kappa shape index (κ1) is 22.6. The predicted molar refractivity (Wildman–Crippen MR) is 119 cm³/mol. The lowest BCUT2D eigenvalue weighted by molar-refractivity contribution is -0.121. The van der Waals surface area contributed by atoms with Crippen molar-refractivity contribution in [3.63, 3.8) is 0 Å². The molecule has 0 saturated carbocycles. The first-order chi connectivity index (χ1) is 14.9. The fourth-order valence-corrected chi connectivity index (χ4v) is 3.63. The third-order valence-corrected chi connectivity index (χ3v) is 5.40. The lowest BCUT2D eigenvalue weighted by Gasteiger charge is -2.29. The van der Waals surface area contributed by atoms with E-state index in [0.717, 1.165) is 32.0 Å². The highest BCUT2D eigenvalue weighted by Crippen LogP contribution is 2.29. The first-order valence-electron chi connectivity index (χ1n) is 9.82. The fraction of sp³-hybridized carbons (Fsp3) is 0.304. The molecule has 2 aromatic rings. The number of benzene rings is 2. The fourth-order valence-electron chi connectivity index (χ4n) is 3.47. The molecule has 1 fully saturated rings. The second-order valence-electron chi connectivity index (χ2n) is 7.24. The van der Waals surface area contributed by atoms with Crippen molar-refractivity contribution in [2.24, 2.45) is 5.92 Å². The van der Waals surface area contributed by atoms with Gasteiger partial charge >= 0.3 is 0 Å². The number of hydrogen-bond donors (Lipinski definition) is 2. The number of hydrogen-bond acceptors (Lipinski definition) is 4. The Kier molecular flexibility index (Phi) is 7.50. The number of nitrogens with zero attached hydrogens (tertiary/aromatic N) is 1. The maximum absolute atomic E-state index is 14.1. The second kappa shape index (κ2) is 10.3. The van der Waals surface area contributed by atoms with E-state index in [1.54, 1.807) is 18.2 Å². The number of piperidine rings is 1. The summed E-state index contributed by atoms with van der Waals surface area (Å²) in [5, 5.41) is 5.71. The second-order valence-corrected chi connectivity index (χ2v) is 7.67. The SMILES string of the molecule is C#CCN1CCC(C(=O)Nc2ccc(OC)c(NC(=O)c3ccc(Cl)cc3F)c2)CC1. The Morgan fingerprint density at radius 2 is 1.97 bits per heavy atom. The van der Waals surface area contributed by atoms with Gasteiger partial charge in [-0.05, 0) is 62.3 Å². The van der Waals surface area contributed by atoms with Crippen LogP contribution >= 0.6 is 11.6 Å². The number of likely N-dealkylation sites (tertiary alicyclic amines) is 1. The number of nitrogens with one attached hydrogen (secondary N) is 2. The van der Waals surface area contributed by atoms with Gasteiger partial charge in [0.2, 0.25) is 5.91 Å². The van der Waals surface area contributed by atoms with Crippen LogP contribution in [-0.4, -0.2) is 43.5 Å².